The van der Waals surface area contributed by atoms with Gasteiger partial charge in [-0.2, -0.15) is 0 Å². The van der Waals surface area contributed by atoms with Crippen LogP contribution in [0.5, 0.6) is 0 Å². The van der Waals surface area contributed by atoms with Crippen LogP contribution in [0.3, 0.4) is 0 Å². The molecule has 2 N–H and O–H groups in total. The van der Waals surface area contributed by atoms with Crippen molar-refractivity contribution in [3.8, 4) is 0 Å². The molecule has 2 atom stereocenters. The highest BCUT2D eigenvalue weighted by atomic mass is 79.9. The van der Waals surface area contributed by atoms with Crippen molar-refractivity contribution in [3.63, 3.8) is 0 Å². The smallest absolute Gasteiger partial charge is 0.326 e. The zero-order valence-corrected chi connectivity index (χ0v) is 12.0. The Hall–Kier alpha value is -1.67. The van der Waals surface area contributed by atoms with Gasteiger partial charge in [0.15, 0.2) is 0 Å². The quantitative estimate of drug-likeness (QED) is 0.781. The van der Waals surface area contributed by atoms with Crippen LogP contribution in [-0.2, 0) is 16.1 Å². The van der Waals surface area contributed by atoms with E-state index in [-0.39, 0.29) is 25.1 Å². The molecule has 0 radical (unpaired) electrons. The molecule has 0 aliphatic carbocycles. The van der Waals surface area contributed by atoms with E-state index in [9.17, 15) is 19.5 Å². The highest BCUT2D eigenvalue weighted by molar-refractivity contribution is 9.10. The first-order chi connectivity index (χ1) is 9.38. The van der Waals surface area contributed by atoms with Crippen LogP contribution in [0.2, 0.25) is 0 Å². The van der Waals surface area contributed by atoms with Gasteiger partial charge in [0.05, 0.1) is 6.10 Å². The summed E-state index contributed by atoms with van der Waals surface area (Å²) in [4.78, 5) is 35.9. The largest absolute Gasteiger partial charge is 0.480 e. The number of pyridine rings is 1. The average molecular weight is 345 g/mol. The monoisotopic (exact) mass is 344 g/mol. The number of likely N-dealkylation sites (tertiary alicyclic amines) is 1. The van der Waals surface area contributed by atoms with Gasteiger partial charge in [0, 0.05) is 29.7 Å². The Kier molecular flexibility index (Phi) is 4.24. The summed E-state index contributed by atoms with van der Waals surface area (Å²) in [7, 11) is 0. The Balaban J connectivity index is 2.17. The van der Waals surface area contributed by atoms with Crippen LogP contribution in [0.25, 0.3) is 0 Å². The molecule has 0 saturated carbocycles. The topological polar surface area (TPSA) is 99.8 Å². The molecule has 0 aromatic carbocycles. The van der Waals surface area contributed by atoms with Gasteiger partial charge in [0.25, 0.3) is 5.56 Å². The van der Waals surface area contributed by atoms with E-state index in [0.717, 1.165) is 4.90 Å². The Labute approximate surface area is 122 Å². The van der Waals surface area contributed by atoms with Crippen molar-refractivity contribution < 1.29 is 19.8 Å². The van der Waals surface area contributed by atoms with Crippen molar-refractivity contribution in [3.05, 3.63) is 33.2 Å². The van der Waals surface area contributed by atoms with E-state index in [0.29, 0.717) is 4.47 Å². The normalized spacial score (nSPS) is 22.0. The molecular weight excluding hydrogens is 332 g/mol. The van der Waals surface area contributed by atoms with Crippen molar-refractivity contribution in [1.82, 2.24) is 9.47 Å². The lowest BCUT2D eigenvalue weighted by Crippen LogP contribution is -2.43. The van der Waals surface area contributed by atoms with Crippen LogP contribution < -0.4 is 5.56 Å². The minimum atomic E-state index is -1.16. The predicted octanol–water partition coefficient (Wildman–Crippen LogP) is -0.343. The fourth-order valence-electron chi connectivity index (χ4n) is 2.19. The summed E-state index contributed by atoms with van der Waals surface area (Å²) in [6.07, 6.45) is 0.621. The van der Waals surface area contributed by atoms with Crippen molar-refractivity contribution >= 4 is 27.8 Å². The highest BCUT2D eigenvalue weighted by Crippen LogP contribution is 2.18. The molecule has 8 heteroatoms. The molecule has 0 bridgehead atoms. The molecule has 2 heterocycles. The number of carboxylic acid groups (broad SMARTS) is 1. The second kappa shape index (κ2) is 5.76. The third-order valence-electron chi connectivity index (χ3n) is 3.14. The third kappa shape index (κ3) is 3.07. The molecular formula is C12H13BrN2O5. The summed E-state index contributed by atoms with van der Waals surface area (Å²) in [5, 5.41) is 18.5. The summed E-state index contributed by atoms with van der Waals surface area (Å²) < 4.78 is 1.83. The lowest BCUT2D eigenvalue weighted by molar-refractivity contribution is -0.148. The first kappa shape index (κ1) is 14.7. The number of halogens is 1. The number of hydrogen-bond donors (Lipinski definition) is 2. The van der Waals surface area contributed by atoms with E-state index in [1.807, 2.05) is 0 Å². The van der Waals surface area contributed by atoms with Crippen molar-refractivity contribution in [1.29, 1.82) is 0 Å². The minimum absolute atomic E-state index is 0.00839. The van der Waals surface area contributed by atoms with Gasteiger partial charge in [-0.25, -0.2) is 4.79 Å². The van der Waals surface area contributed by atoms with E-state index in [2.05, 4.69) is 15.9 Å². The van der Waals surface area contributed by atoms with Gasteiger partial charge in [-0.1, -0.05) is 0 Å². The molecule has 0 spiro atoms. The fraction of sp³-hybridized carbons (Fsp3) is 0.417. The van der Waals surface area contributed by atoms with Gasteiger partial charge in [0.2, 0.25) is 5.91 Å². The Morgan fingerprint density at radius 1 is 1.40 bits per heavy atom. The molecule has 1 aromatic rings. The van der Waals surface area contributed by atoms with E-state index >= 15 is 0 Å². The highest BCUT2D eigenvalue weighted by Gasteiger charge is 2.38. The number of hydrogen-bond acceptors (Lipinski definition) is 4. The summed E-state index contributed by atoms with van der Waals surface area (Å²) in [6.45, 7) is -0.284. The zero-order valence-electron chi connectivity index (χ0n) is 10.4. The van der Waals surface area contributed by atoms with Gasteiger partial charge >= 0.3 is 5.97 Å². The number of aliphatic hydroxyl groups excluding tert-OH is 1. The number of carbonyl (C=O) groups excluding carboxylic acids is 1. The lowest BCUT2D eigenvalue weighted by Gasteiger charge is -2.21. The van der Waals surface area contributed by atoms with Crippen LogP contribution in [0.4, 0.5) is 0 Å². The molecule has 1 aliphatic rings. The zero-order chi connectivity index (χ0) is 14.9. The van der Waals surface area contributed by atoms with Gasteiger partial charge < -0.3 is 19.7 Å². The minimum Gasteiger partial charge on any atom is -0.480 e. The Morgan fingerprint density at radius 3 is 2.75 bits per heavy atom. The first-order valence-electron chi connectivity index (χ1n) is 5.95. The van der Waals surface area contributed by atoms with Crippen molar-refractivity contribution in [2.45, 2.75) is 25.1 Å². The molecule has 1 saturated heterocycles. The standard InChI is InChI=1S/C12H13BrN2O5/c13-7-1-2-10(17)14(4-7)6-11(18)15-5-8(16)3-9(15)12(19)20/h1-2,4,8-9,16H,3,5-6H2,(H,19,20)/t8-,9-/m1/s1. The number of amides is 1. The van der Waals surface area contributed by atoms with E-state index < -0.39 is 24.0 Å². The maximum absolute atomic E-state index is 12.1. The molecule has 2 rings (SSSR count). The average Bonchev–Trinajstić information content (AvgIpc) is 2.76. The number of aliphatic carboxylic acids is 1. The first-order valence-corrected chi connectivity index (χ1v) is 6.74. The molecule has 1 amide bonds. The summed E-state index contributed by atoms with van der Waals surface area (Å²) >= 11 is 3.20. The van der Waals surface area contributed by atoms with Gasteiger partial charge in [-0.15, -0.1) is 0 Å². The number of nitrogens with zero attached hydrogens (tertiary/aromatic N) is 2. The van der Waals surface area contributed by atoms with E-state index in [4.69, 9.17) is 5.11 Å². The second-order valence-corrected chi connectivity index (χ2v) is 5.52. The molecule has 20 heavy (non-hydrogen) atoms. The second-order valence-electron chi connectivity index (χ2n) is 4.60. The Morgan fingerprint density at radius 2 is 2.10 bits per heavy atom. The summed E-state index contributed by atoms with van der Waals surface area (Å²) in [5.41, 5.74) is -0.354. The summed E-state index contributed by atoms with van der Waals surface area (Å²) in [5.74, 6) is -1.66. The van der Waals surface area contributed by atoms with Crippen LogP contribution >= 0.6 is 15.9 Å². The molecule has 0 unspecified atom stereocenters. The SMILES string of the molecule is O=C(O)[C@H]1C[C@@H](O)CN1C(=O)Cn1cc(Br)ccc1=O. The van der Waals surface area contributed by atoms with Crippen LogP contribution in [0.1, 0.15) is 6.42 Å². The van der Waals surface area contributed by atoms with Crippen LogP contribution in [-0.4, -0.2) is 50.2 Å². The number of carbonyl (C=O) groups is 2. The van der Waals surface area contributed by atoms with Crippen LogP contribution in [0.15, 0.2) is 27.6 Å². The van der Waals surface area contributed by atoms with Crippen molar-refractivity contribution in [2.24, 2.45) is 0 Å². The molecule has 1 aliphatic heterocycles. The molecule has 1 aromatic heterocycles. The number of aromatic nitrogens is 1. The third-order valence-corrected chi connectivity index (χ3v) is 3.61. The van der Waals surface area contributed by atoms with Gasteiger partial charge in [-0.3, -0.25) is 9.59 Å². The van der Waals surface area contributed by atoms with Crippen molar-refractivity contribution in [2.75, 3.05) is 6.54 Å². The number of carboxylic acids is 1. The maximum Gasteiger partial charge on any atom is 0.326 e. The Bertz CT molecular complexity index is 600. The van der Waals surface area contributed by atoms with Crippen LogP contribution in [0, 0.1) is 0 Å². The lowest BCUT2D eigenvalue weighted by atomic mass is 10.2. The van der Waals surface area contributed by atoms with Gasteiger partial charge in [0.1, 0.15) is 12.6 Å². The van der Waals surface area contributed by atoms with E-state index in [1.165, 1.54) is 16.8 Å². The predicted molar refractivity (Wildman–Crippen MR) is 72.2 cm³/mol. The molecule has 1 fully saturated rings. The molecule has 7 nitrogen and oxygen atoms in total. The summed E-state index contributed by atoms with van der Waals surface area (Å²) in [6, 6.07) is 1.83. The molecule has 108 valence electrons. The maximum atomic E-state index is 12.1. The van der Waals surface area contributed by atoms with E-state index in [1.54, 1.807) is 6.07 Å². The number of rotatable bonds is 3. The van der Waals surface area contributed by atoms with Gasteiger partial charge in [-0.05, 0) is 22.0 Å². The number of aliphatic hydroxyl groups is 1. The fourth-order valence-corrected chi connectivity index (χ4v) is 2.57. The number of β-amino-alcohol motifs (C(OH)–C–C–N with tert-alkyl or cyclic N) is 1.